The Hall–Kier alpha value is -1.51. The Labute approximate surface area is 112 Å². The lowest BCUT2D eigenvalue weighted by Crippen LogP contribution is -2.21. The molecule has 3 nitrogen and oxygen atoms in total. The smallest absolute Gasteiger partial charge is 0.306 e. The third-order valence-corrected chi connectivity index (χ3v) is 5.22. The van der Waals surface area contributed by atoms with Crippen LogP contribution >= 0.6 is 0 Å². The van der Waals surface area contributed by atoms with Crippen molar-refractivity contribution in [2.45, 2.75) is 38.6 Å². The number of nitrogens with zero attached hydrogens (tertiary/aromatic N) is 1. The van der Waals surface area contributed by atoms with Crippen LogP contribution in [0.3, 0.4) is 0 Å². The van der Waals surface area contributed by atoms with Gasteiger partial charge in [0.15, 0.2) is 0 Å². The highest BCUT2D eigenvalue weighted by molar-refractivity contribution is 5.75. The van der Waals surface area contributed by atoms with Crippen LogP contribution in [0.2, 0.25) is 0 Å². The highest BCUT2D eigenvalue weighted by Gasteiger charge is 2.41. The van der Waals surface area contributed by atoms with Crippen LogP contribution < -0.4 is 5.69 Å². The summed E-state index contributed by atoms with van der Waals surface area (Å²) in [6.45, 7) is 2.37. The molecule has 0 saturated heterocycles. The van der Waals surface area contributed by atoms with E-state index in [1.165, 1.54) is 25.7 Å². The van der Waals surface area contributed by atoms with Gasteiger partial charge in [-0.25, -0.2) is 4.79 Å². The van der Waals surface area contributed by atoms with Gasteiger partial charge < -0.3 is 4.98 Å². The molecule has 0 amide bonds. The summed E-state index contributed by atoms with van der Waals surface area (Å²) in [5.74, 6) is 2.58. The number of aromatic nitrogens is 2. The highest BCUT2D eigenvalue weighted by atomic mass is 16.1. The third-order valence-electron chi connectivity index (χ3n) is 5.22. The molecule has 2 fully saturated rings. The highest BCUT2D eigenvalue weighted by Crippen LogP contribution is 2.50. The summed E-state index contributed by atoms with van der Waals surface area (Å²) >= 11 is 0. The van der Waals surface area contributed by atoms with E-state index in [0.29, 0.717) is 6.04 Å². The van der Waals surface area contributed by atoms with Gasteiger partial charge in [0, 0.05) is 6.04 Å². The molecule has 100 valence electrons. The van der Waals surface area contributed by atoms with Crippen LogP contribution in [-0.4, -0.2) is 9.55 Å². The Kier molecular flexibility index (Phi) is 2.38. The van der Waals surface area contributed by atoms with Crippen LogP contribution in [-0.2, 0) is 0 Å². The minimum Gasteiger partial charge on any atom is -0.306 e. The Bertz CT molecular complexity index is 655. The van der Waals surface area contributed by atoms with E-state index in [9.17, 15) is 4.79 Å². The maximum atomic E-state index is 12.2. The minimum atomic E-state index is 0.0687. The van der Waals surface area contributed by atoms with Crippen LogP contribution in [0.5, 0.6) is 0 Å². The molecule has 1 aromatic carbocycles. The zero-order valence-corrected chi connectivity index (χ0v) is 11.3. The quantitative estimate of drug-likeness (QED) is 0.835. The predicted octanol–water partition coefficient (Wildman–Crippen LogP) is 3.33. The van der Waals surface area contributed by atoms with Crippen molar-refractivity contribution in [3.8, 4) is 0 Å². The fourth-order valence-corrected chi connectivity index (χ4v) is 4.53. The van der Waals surface area contributed by atoms with Gasteiger partial charge in [0.05, 0.1) is 11.0 Å². The molecule has 0 spiro atoms. The fourth-order valence-electron chi connectivity index (χ4n) is 4.53. The lowest BCUT2D eigenvalue weighted by molar-refractivity contribution is 0.435. The largest absolute Gasteiger partial charge is 0.326 e. The summed E-state index contributed by atoms with van der Waals surface area (Å²) in [5, 5.41) is 0. The Morgan fingerprint density at radius 3 is 2.53 bits per heavy atom. The van der Waals surface area contributed by atoms with Gasteiger partial charge in [-0.15, -0.1) is 0 Å². The van der Waals surface area contributed by atoms with Gasteiger partial charge in [0.2, 0.25) is 0 Å². The average molecular weight is 256 g/mol. The number of nitrogens with one attached hydrogen (secondary N) is 1. The van der Waals surface area contributed by atoms with Gasteiger partial charge in [-0.2, -0.15) is 0 Å². The van der Waals surface area contributed by atoms with E-state index < -0.39 is 0 Å². The average Bonchev–Trinajstić information content (AvgIpc) is 2.97. The van der Waals surface area contributed by atoms with Gasteiger partial charge in [-0.1, -0.05) is 19.1 Å². The lowest BCUT2D eigenvalue weighted by atomic mass is 10.0. The molecule has 1 heterocycles. The molecule has 0 bridgehead atoms. The molecule has 4 rings (SSSR count). The van der Waals surface area contributed by atoms with E-state index in [4.69, 9.17) is 0 Å². The van der Waals surface area contributed by atoms with Crippen molar-refractivity contribution in [2.75, 3.05) is 0 Å². The normalized spacial score (nSPS) is 33.9. The third kappa shape index (κ3) is 1.67. The number of hydrogen-bond donors (Lipinski definition) is 1. The molecule has 0 radical (unpaired) electrons. The fraction of sp³-hybridized carbons (Fsp3) is 0.562. The van der Waals surface area contributed by atoms with Crippen LogP contribution in [0, 0.1) is 17.8 Å². The van der Waals surface area contributed by atoms with Crippen molar-refractivity contribution < 1.29 is 0 Å². The second-order valence-corrected chi connectivity index (χ2v) is 6.54. The van der Waals surface area contributed by atoms with Crippen LogP contribution in [0.15, 0.2) is 29.1 Å². The summed E-state index contributed by atoms with van der Waals surface area (Å²) in [6, 6.07) is 8.46. The van der Waals surface area contributed by atoms with Gasteiger partial charge in [0.25, 0.3) is 0 Å². The molecular formula is C16H20N2O. The molecule has 2 aliphatic rings. The van der Waals surface area contributed by atoms with Gasteiger partial charge in [-0.3, -0.25) is 4.57 Å². The molecule has 2 unspecified atom stereocenters. The molecule has 2 aliphatic carbocycles. The predicted molar refractivity (Wildman–Crippen MR) is 76.2 cm³/mol. The summed E-state index contributed by atoms with van der Waals surface area (Å²) in [6.07, 6.45) is 5.10. The molecule has 19 heavy (non-hydrogen) atoms. The van der Waals surface area contributed by atoms with E-state index in [1.807, 2.05) is 22.8 Å². The molecule has 1 aromatic heterocycles. The Morgan fingerprint density at radius 1 is 1.11 bits per heavy atom. The van der Waals surface area contributed by atoms with Crippen molar-refractivity contribution >= 4 is 11.0 Å². The first-order chi connectivity index (χ1) is 9.22. The SMILES string of the molecule is CC1CC2CC(n3c(=O)[nH]c4ccccc43)CC2C1. The summed E-state index contributed by atoms with van der Waals surface area (Å²) in [4.78, 5) is 15.2. The molecule has 2 aromatic rings. The van der Waals surface area contributed by atoms with Gasteiger partial charge >= 0.3 is 5.69 Å². The van der Waals surface area contributed by atoms with Crippen molar-refractivity contribution in [1.29, 1.82) is 0 Å². The van der Waals surface area contributed by atoms with E-state index >= 15 is 0 Å². The maximum Gasteiger partial charge on any atom is 0.326 e. The van der Waals surface area contributed by atoms with Crippen molar-refractivity contribution in [3.05, 3.63) is 34.7 Å². The number of aromatic amines is 1. The summed E-state index contributed by atoms with van der Waals surface area (Å²) < 4.78 is 2.01. The zero-order valence-electron chi connectivity index (χ0n) is 11.3. The minimum absolute atomic E-state index is 0.0687. The van der Waals surface area contributed by atoms with Gasteiger partial charge in [0.1, 0.15) is 0 Å². The number of hydrogen-bond acceptors (Lipinski definition) is 1. The van der Waals surface area contributed by atoms with Crippen molar-refractivity contribution in [1.82, 2.24) is 9.55 Å². The Morgan fingerprint density at radius 2 is 1.79 bits per heavy atom. The zero-order chi connectivity index (χ0) is 13.0. The van der Waals surface area contributed by atoms with E-state index in [-0.39, 0.29) is 5.69 Å². The van der Waals surface area contributed by atoms with Crippen LogP contribution in [0.25, 0.3) is 11.0 Å². The second-order valence-electron chi connectivity index (χ2n) is 6.54. The number of rotatable bonds is 1. The molecule has 2 atom stereocenters. The molecule has 3 heteroatoms. The summed E-state index contributed by atoms with van der Waals surface area (Å²) in [7, 11) is 0. The second kappa shape index (κ2) is 3.99. The number of fused-ring (bicyclic) bond motifs is 2. The van der Waals surface area contributed by atoms with Crippen LogP contribution in [0.4, 0.5) is 0 Å². The maximum absolute atomic E-state index is 12.2. The van der Waals surface area contributed by atoms with Crippen molar-refractivity contribution in [3.63, 3.8) is 0 Å². The molecule has 1 N–H and O–H groups in total. The lowest BCUT2D eigenvalue weighted by Gasteiger charge is -2.14. The van der Waals surface area contributed by atoms with Crippen LogP contribution in [0.1, 0.15) is 38.6 Å². The number of para-hydroxylation sites is 2. The molecule has 0 aliphatic heterocycles. The first-order valence-corrected chi connectivity index (χ1v) is 7.41. The van der Waals surface area contributed by atoms with Gasteiger partial charge in [-0.05, 0) is 55.6 Å². The topological polar surface area (TPSA) is 37.8 Å². The van der Waals surface area contributed by atoms with E-state index in [1.54, 1.807) is 0 Å². The van der Waals surface area contributed by atoms with E-state index in [2.05, 4.69) is 18.0 Å². The standard InChI is InChI=1S/C16H20N2O/c1-10-6-11-8-13(9-12(11)7-10)18-15-5-3-2-4-14(15)17-16(18)19/h2-5,10-13H,6-9H2,1H3,(H,17,19). The molecule has 2 saturated carbocycles. The molecular weight excluding hydrogens is 236 g/mol. The first kappa shape index (κ1) is 11.3. The van der Waals surface area contributed by atoms with Crippen molar-refractivity contribution in [2.24, 2.45) is 17.8 Å². The number of imidazole rings is 1. The first-order valence-electron chi connectivity index (χ1n) is 7.41. The van der Waals surface area contributed by atoms with E-state index in [0.717, 1.165) is 28.8 Å². The number of benzene rings is 1. The summed E-state index contributed by atoms with van der Waals surface area (Å²) in [5.41, 5.74) is 2.11. The monoisotopic (exact) mass is 256 g/mol. The Balaban J connectivity index is 1.73. The number of H-pyrrole nitrogens is 1.